The standard InChI is InChI=1S/C17H24N2O/c1-5-18-17(11-20-12(2)3)16-10-13(4)14-8-6-7-9-15(14)19-16/h6-10,12,17-18H,5,11H2,1-4H3. The lowest BCUT2D eigenvalue weighted by Gasteiger charge is -2.20. The number of benzene rings is 1. The maximum Gasteiger partial charge on any atom is 0.0733 e. The van der Waals surface area contributed by atoms with Crippen LogP contribution in [0.15, 0.2) is 30.3 Å². The van der Waals surface area contributed by atoms with E-state index in [-0.39, 0.29) is 12.1 Å². The van der Waals surface area contributed by atoms with E-state index in [0.717, 1.165) is 17.8 Å². The van der Waals surface area contributed by atoms with E-state index in [2.05, 4.69) is 57.3 Å². The average Bonchev–Trinajstić information content (AvgIpc) is 2.43. The largest absolute Gasteiger partial charge is 0.377 e. The van der Waals surface area contributed by atoms with Gasteiger partial charge in [-0.3, -0.25) is 4.98 Å². The van der Waals surface area contributed by atoms with E-state index in [1.165, 1.54) is 10.9 Å². The topological polar surface area (TPSA) is 34.1 Å². The highest BCUT2D eigenvalue weighted by atomic mass is 16.5. The lowest BCUT2D eigenvalue weighted by atomic mass is 10.1. The number of fused-ring (bicyclic) bond motifs is 1. The second-order valence-corrected chi connectivity index (χ2v) is 5.37. The molecule has 3 nitrogen and oxygen atoms in total. The van der Waals surface area contributed by atoms with Gasteiger partial charge >= 0.3 is 0 Å². The maximum atomic E-state index is 5.76. The summed E-state index contributed by atoms with van der Waals surface area (Å²) in [5.74, 6) is 0. The number of nitrogens with one attached hydrogen (secondary N) is 1. The van der Waals surface area contributed by atoms with Gasteiger partial charge in [0.1, 0.15) is 0 Å². The number of aryl methyl sites for hydroxylation is 1. The molecule has 0 aliphatic heterocycles. The van der Waals surface area contributed by atoms with Crippen molar-refractivity contribution in [3.05, 3.63) is 41.6 Å². The van der Waals surface area contributed by atoms with E-state index in [1.807, 2.05) is 6.07 Å². The lowest BCUT2D eigenvalue weighted by Crippen LogP contribution is -2.27. The first-order valence-electron chi connectivity index (χ1n) is 7.33. The smallest absolute Gasteiger partial charge is 0.0733 e. The van der Waals surface area contributed by atoms with Crippen LogP contribution < -0.4 is 5.32 Å². The molecule has 2 aromatic rings. The van der Waals surface area contributed by atoms with Gasteiger partial charge in [-0.25, -0.2) is 0 Å². The van der Waals surface area contributed by atoms with Gasteiger partial charge < -0.3 is 10.1 Å². The molecule has 1 N–H and O–H groups in total. The highest BCUT2D eigenvalue weighted by Gasteiger charge is 2.14. The third-order valence-electron chi connectivity index (χ3n) is 3.35. The summed E-state index contributed by atoms with van der Waals surface area (Å²) in [5, 5.41) is 4.68. The van der Waals surface area contributed by atoms with Crippen LogP contribution in [0.3, 0.4) is 0 Å². The van der Waals surface area contributed by atoms with E-state index in [1.54, 1.807) is 0 Å². The molecule has 0 fully saturated rings. The molecular formula is C17H24N2O. The molecule has 0 bridgehead atoms. The lowest BCUT2D eigenvalue weighted by molar-refractivity contribution is 0.0607. The van der Waals surface area contributed by atoms with Crippen LogP contribution >= 0.6 is 0 Å². The summed E-state index contributed by atoms with van der Waals surface area (Å²) in [7, 11) is 0. The number of para-hydroxylation sites is 1. The fourth-order valence-electron chi connectivity index (χ4n) is 2.34. The number of hydrogen-bond donors (Lipinski definition) is 1. The quantitative estimate of drug-likeness (QED) is 0.872. The molecule has 1 aromatic carbocycles. The first-order valence-corrected chi connectivity index (χ1v) is 7.33. The molecule has 108 valence electrons. The molecule has 0 radical (unpaired) electrons. The molecule has 1 unspecified atom stereocenters. The molecule has 1 aromatic heterocycles. The predicted molar refractivity (Wildman–Crippen MR) is 84.0 cm³/mol. The van der Waals surface area contributed by atoms with Gasteiger partial charge in [0.25, 0.3) is 0 Å². The van der Waals surface area contributed by atoms with Gasteiger partial charge in [-0.2, -0.15) is 0 Å². The minimum Gasteiger partial charge on any atom is -0.377 e. The summed E-state index contributed by atoms with van der Waals surface area (Å²) in [5.41, 5.74) is 3.37. The van der Waals surface area contributed by atoms with Crippen LogP contribution in [0, 0.1) is 6.92 Å². The predicted octanol–water partition coefficient (Wildman–Crippen LogP) is 3.62. The Balaban J connectivity index is 2.32. The number of ether oxygens (including phenoxy) is 1. The van der Waals surface area contributed by atoms with Gasteiger partial charge in [-0.05, 0) is 45.0 Å². The van der Waals surface area contributed by atoms with Crippen molar-refractivity contribution in [3.8, 4) is 0 Å². The Bertz CT molecular complexity index is 566. The maximum absolute atomic E-state index is 5.76. The van der Waals surface area contributed by atoms with Gasteiger partial charge in [0.15, 0.2) is 0 Å². The number of rotatable bonds is 6. The van der Waals surface area contributed by atoms with Gasteiger partial charge in [0.2, 0.25) is 0 Å². The van der Waals surface area contributed by atoms with E-state index in [4.69, 9.17) is 9.72 Å². The van der Waals surface area contributed by atoms with Crippen LogP contribution in [0.4, 0.5) is 0 Å². The molecule has 1 atom stereocenters. The molecule has 0 amide bonds. The first-order chi connectivity index (χ1) is 9.61. The van der Waals surface area contributed by atoms with Crippen LogP contribution in [0.25, 0.3) is 10.9 Å². The van der Waals surface area contributed by atoms with Gasteiger partial charge in [0, 0.05) is 5.39 Å². The minimum atomic E-state index is 0.144. The van der Waals surface area contributed by atoms with Crippen molar-refractivity contribution >= 4 is 10.9 Å². The SMILES string of the molecule is CCNC(COC(C)C)c1cc(C)c2ccccc2n1. The average molecular weight is 272 g/mol. The Morgan fingerprint density at radius 1 is 1.25 bits per heavy atom. The minimum absolute atomic E-state index is 0.144. The van der Waals surface area contributed by atoms with Crippen molar-refractivity contribution in [2.75, 3.05) is 13.2 Å². The van der Waals surface area contributed by atoms with E-state index < -0.39 is 0 Å². The van der Waals surface area contributed by atoms with Crippen molar-refractivity contribution in [2.45, 2.75) is 39.8 Å². The third-order valence-corrected chi connectivity index (χ3v) is 3.35. The molecule has 0 spiro atoms. The van der Waals surface area contributed by atoms with Gasteiger partial charge in [-0.15, -0.1) is 0 Å². The Kier molecular flexibility index (Phi) is 5.10. The molecule has 2 rings (SSSR count). The number of nitrogens with zero attached hydrogens (tertiary/aromatic N) is 1. The van der Waals surface area contributed by atoms with E-state index in [9.17, 15) is 0 Å². The number of pyridine rings is 1. The molecule has 0 aliphatic rings. The van der Waals surface area contributed by atoms with Crippen molar-refractivity contribution in [2.24, 2.45) is 0 Å². The first kappa shape index (κ1) is 14.9. The number of likely N-dealkylation sites (N-methyl/N-ethyl adjacent to an activating group) is 1. The van der Waals surface area contributed by atoms with Crippen LogP contribution in [0.1, 0.15) is 38.1 Å². The van der Waals surface area contributed by atoms with Crippen LogP contribution in [-0.4, -0.2) is 24.2 Å². The van der Waals surface area contributed by atoms with Crippen LogP contribution in [-0.2, 0) is 4.74 Å². The summed E-state index contributed by atoms with van der Waals surface area (Å²) >= 11 is 0. The molecule has 0 saturated heterocycles. The zero-order valence-corrected chi connectivity index (χ0v) is 12.8. The van der Waals surface area contributed by atoms with Crippen molar-refractivity contribution in [3.63, 3.8) is 0 Å². The fraction of sp³-hybridized carbons (Fsp3) is 0.471. The molecule has 20 heavy (non-hydrogen) atoms. The fourth-order valence-corrected chi connectivity index (χ4v) is 2.34. The Morgan fingerprint density at radius 3 is 2.70 bits per heavy atom. The Hall–Kier alpha value is -1.45. The third kappa shape index (κ3) is 3.56. The van der Waals surface area contributed by atoms with E-state index in [0.29, 0.717) is 6.61 Å². The number of aromatic nitrogens is 1. The summed E-state index contributed by atoms with van der Waals surface area (Å²) in [4.78, 5) is 4.79. The molecule has 3 heteroatoms. The summed E-state index contributed by atoms with van der Waals surface area (Å²) in [6, 6.07) is 10.6. The summed E-state index contributed by atoms with van der Waals surface area (Å²) in [6.45, 7) is 9.91. The van der Waals surface area contributed by atoms with Gasteiger partial charge in [0.05, 0.1) is 30.0 Å². The van der Waals surface area contributed by atoms with Crippen molar-refractivity contribution in [1.82, 2.24) is 10.3 Å². The van der Waals surface area contributed by atoms with E-state index >= 15 is 0 Å². The Labute approximate surface area is 121 Å². The monoisotopic (exact) mass is 272 g/mol. The second kappa shape index (κ2) is 6.82. The summed E-state index contributed by atoms with van der Waals surface area (Å²) < 4.78 is 5.76. The second-order valence-electron chi connectivity index (χ2n) is 5.37. The zero-order valence-electron chi connectivity index (χ0n) is 12.8. The molecule has 0 aliphatic carbocycles. The zero-order chi connectivity index (χ0) is 14.5. The van der Waals surface area contributed by atoms with Crippen molar-refractivity contribution < 1.29 is 4.74 Å². The van der Waals surface area contributed by atoms with Gasteiger partial charge in [-0.1, -0.05) is 25.1 Å². The van der Waals surface area contributed by atoms with Crippen molar-refractivity contribution in [1.29, 1.82) is 0 Å². The normalized spacial score (nSPS) is 13.1. The van der Waals surface area contributed by atoms with Crippen LogP contribution in [0.5, 0.6) is 0 Å². The highest BCUT2D eigenvalue weighted by molar-refractivity contribution is 5.82. The molecular weight excluding hydrogens is 248 g/mol. The highest BCUT2D eigenvalue weighted by Crippen LogP contribution is 2.21. The molecule has 0 saturated carbocycles. The van der Waals surface area contributed by atoms with Crippen LogP contribution in [0.2, 0.25) is 0 Å². The number of hydrogen-bond acceptors (Lipinski definition) is 3. The summed E-state index contributed by atoms with van der Waals surface area (Å²) in [6.07, 6.45) is 0.234. The Morgan fingerprint density at radius 2 is 2.00 bits per heavy atom. The molecule has 1 heterocycles.